The Labute approximate surface area is 108 Å². The molecule has 0 saturated heterocycles. The van der Waals surface area contributed by atoms with Crippen LogP contribution in [0.1, 0.15) is 58.3 Å². The van der Waals surface area contributed by atoms with E-state index in [1.165, 1.54) is 44.9 Å². The fourth-order valence-corrected chi connectivity index (χ4v) is 1.13. The number of rotatable bonds is 7. The van der Waals surface area contributed by atoms with Crippen LogP contribution in [0.3, 0.4) is 0 Å². The van der Waals surface area contributed by atoms with Gasteiger partial charge < -0.3 is 30.9 Å². The van der Waals surface area contributed by atoms with E-state index >= 15 is 0 Å². The summed E-state index contributed by atoms with van der Waals surface area (Å²) in [5.41, 5.74) is 0. The molecular formula is C10H21IZn. The molecule has 0 heterocycles. The number of hydrogen-bond acceptors (Lipinski definition) is 0. The molecule has 2 heteroatoms. The van der Waals surface area contributed by atoms with Crippen LogP contribution in [-0.4, -0.2) is 0 Å². The molecule has 0 N–H and O–H groups in total. The van der Waals surface area contributed by atoms with E-state index in [2.05, 4.69) is 13.8 Å². The van der Waals surface area contributed by atoms with E-state index in [0.717, 1.165) is 6.42 Å². The molecule has 0 aliphatic rings. The molecule has 0 atom stereocenters. The molecule has 0 aliphatic carbocycles. The fraction of sp³-hybridized carbons (Fsp3) is 0.900. The molecule has 12 heavy (non-hydrogen) atoms. The van der Waals surface area contributed by atoms with Crippen LogP contribution in [0.2, 0.25) is 0 Å². The summed E-state index contributed by atoms with van der Waals surface area (Å²) in [5.74, 6) is 0. The summed E-state index contributed by atoms with van der Waals surface area (Å²) >= 11 is 0. The van der Waals surface area contributed by atoms with Crippen LogP contribution in [0, 0.1) is 6.92 Å². The second kappa shape index (κ2) is 18.2. The van der Waals surface area contributed by atoms with Crippen molar-refractivity contribution in [2.24, 2.45) is 0 Å². The van der Waals surface area contributed by atoms with E-state index < -0.39 is 0 Å². The molecule has 0 spiro atoms. The predicted octanol–water partition coefficient (Wildman–Crippen LogP) is 0.963. The van der Waals surface area contributed by atoms with Gasteiger partial charge in [0.05, 0.1) is 0 Å². The summed E-state index contributed by atoms with van der Waals surface area (Å²) in [6.45, 7) is 6.08. The largest absolute Gasteiger partial charge is 2.00 e. The van der Waals surface area contributed by atoms with Gasteiger partial charge in [-0.25, -0.2) is 0 Å². The van der Waals surface area contributed by atoms with Crippen molar-refractivity contribution in [1.29, 1.82) is 0 Å². The van der Waals surface area contributed by atoms with Crippen molar-refractivity contribution in [3.63, 3.8) is 0 Å². The van der Waals surface area contributed by atoms with Gasteiger partial charge in [-0.15, -0.1) is 0 Å². The zero-order valence-electron chi connectivity index (χ0n) is 8.45. The molecule has 0 aromatic rings. The van der Waals surface area contributed by atoms with Gasteiger partial charge in [-0.3, -0.25) is 0 Å². The van der Waals surface area contributed by atoms with E-state index in [9.17, 15) is 0 Å². The zero-order valence-corrected chi connectivity index (χ0v) is 13.6. The maximum absolute atomic E-state index is 3.82. The van der Waals surface area contributed by atoms with E-state index in [-0.39, 0.29) is 43.5 Å². The van der Waals surface area contributed by atoms with Gasteiger partial charge in [0.2, 0.25) is 0 Å². The van der Waals surface area contributed by atoms with Crippen molar-refractivity contribution in [3.8, 4) is 0 Å². The first-order valence-corrected chi connectivity index (χ1v) is 4.71. The minimum atomic E-state index is 0. The number of unbranched alkanes of at least 4 members (excludes halogenated alkanes) is 7. The van der Waals surface area contributed by atoms with Gasteiger partial charge in [-0.2, -0.15) is 6.42 Å². The normalized spacial score (nSPS) is 8.50. The van der Waals surface area contributed by atoms with Gasteiger partial charge in [0.1, 0.15) is 0 Å². The summed E-state index contributed by atoms with van der Waals surface area (Å²) in [6.07, 6.45) is 10.9. The molecular weight excluding hydrogens is 312 g/mol. The summed E-state index contributed by atoms with van der Waals surface area (Å²) in [5, 5.41) is 0. The molecule has 0 aromatic heterocycles. The van der Waals surface area contributed by atoms with Crippen molar-refractivity contribution < 1.29 is 43.5 Å². The van der Waals surface area contributed by atoms with Crippen LogP contribution in [0.5, 0.6) is 0 Å². The van der Waals surface area contributed by atoms with Gasteiger partial charge in [0.15, 0.2) is 0 Å². The van der Waals surface area contributed by atoms with Gasteiger partial charge in [-0.1, -0.05) is 51.9 Å². The average Bonchev–Trinajstić information content (AvgIpc) is 1.97. The topological polar surface area (TPSA) is 0 Å². The van der Waals surface area contributed by atoms with E-state index in [1.54, 1.807) is 0 Å². The monoisotopic (exact) mass is 332 g/mol. The summed E-state index contributed by atoms with van der Waals surface area (Å²) in [6, 6.07) is 0. The van der Waals surface area contributed by atoms with Crippen molar-refractivity contribution in [2.45, 2.75) is 58.3 Å². The third kappa shape index (κ3) is 17.4. The molecule has 0 aromatic carbocycles. The van der Waals surface area contributed by atoms with Crippen LogP contribution in [-0.2, 0) is 19.5 Å². The molecule has 0 saturated carbocycles. The molecule has 0 unspecified atom stereocenters. The van der Waals surface area contributed by atoms with Crippen LogP contribution in [0.15, 0.2) is 0 Å². The van der Waals surface area contributed by atoms with Gasteiger partial charge in [0.25, 0.3) is 0 Å². The smallest absolute Gasteiger partial charge is 1.00 e. The van der Waals surface area contributed by atoms with Crippen LogP contribution < -0.4 is 24.0 Å². The molecule has 0 amide bonds. The molecule has 0 radical (unpaired) electrons. The van der Waals surface area contributed by atoms with Crippen LogP contribution >= 0.6 is 0 Å². The van der Waals surface area contributed by atoms with Gasteiger partial charge in [0, 0.05) is 0 Å². The van der Waals surface area contributed by atoms with Crippen LogP contribution in [0.25, 0.3) is 0 Å². The second-order valence-electron chi connectivity index (χ2n) is 2.97. The maximum atomic E-state index is 3.82. The number of hydrogen-bond donors (Lipinski definition) is 0. The first-order chi connectivity index (χ1) is 4.91. The summed E-state index contributed by atoms with van der Waals surface area (Å²) < 4.78 is 0. The third-order valence-electron chi connectivity index (χ3n) is 1.85. The Morgan fingerprint density at radius 3 is 1.67 bits per heavy atom. The zero-order chi connectivity index (χ0) is 7.66. The maximum Gasteiger partial charge on any atom is 2.00 e. The van der Waals surface area contributed by atoms with Crippen LogP contribution in [0.4, 0.5) is 0 Å². The Bertz CT molecular complexity index is 49.8. The Balaban J connectivity index is -0.000000405. The van der Waals surface area contributed by atoms with Gasteiger partial charge in [-0.05, 0) is 0 Å². The Kier molecular flexibility index (Phi) is 28.8. The van der Waals surface area contributed by atoms with E-state index in [1.807, 2.05) is 0 Å². The van der Waals surface area contributed by atoms with E-state index in [0.29, 0.717) is 0 Å². The minimum Gasteiger partial charge on any atom is -1.00 e. The molecule has 70 valence electrons. The van der Waals surface area contributed by atoms with Gasteiger partial charge >= 0.3 is 19.5 Å². The molecule has 0 aliphatic heterocycles. The third-order valence-corrected chi connectivity index (χ3v) is 1.85. The average molecular weight is 334 g/mol. The molecule has 0 bridgehead atoms. The molecule has 0 fully saturated rings. The van der Waals surface area contributed by atoms with Crippen molar-refractivity contribution in [2.75, 3.05) is 0 Å². The molecule has 0 nitrogen and oxygen atoms in total. The first kappa shape index (κ1) is 19.0. The number of halogens is 1. The Morgan fingerprint density at radius 2 is 1.25 bits per heavy atom. The Hall–Kier alpha value is 1.35. The molecule has 0 rings (SSSR count). The summed E-state index contributed by atoms with van der Waals surface area (Å²) in [7, 11) is 0. The minimum absolute atomic E-state index is 0. The Morgan fingerprint density at radius 1 is 0.833 bits per heavy atom. The SMILES string of the molecule is [CH2-]CCCCCCCCC.[I-].[Zn+2]. The predicted molar refractivity (Wildman–Crippen MR) is 48.0 cm³/mol. The first-order valence-electron chi connectivity index (χ1n) is 4.71. The quantitative estimate of drug-likeness (QED) is 0.282. The van der Waals surface area contributed by atoms with Crippen molar-refractivity contribution in [1.82, 2.24) is 0 Å². The van der Waals surface area contributed by atoms with E-state index in [4.69, 9.17) is 0 Å². The van der Waals surface area contributed by atoms with Crippen molar-refractivity contribution in [3.05, 3.63) is 6.92 Å². The second-order valence-corrected chi connectivity index (χ2v) is 2.97. The standard InChI is InChI=1S/C10H21.HI.Zn/c1-3-5-7-9-10-8-6-4-2;;/h1,3-10H2,2H3;1H;/q-1;;+2/p-1. The van der Waals surface area contributed by atoms with Crippen molar-refractivity contribution >= 4 is 0 Å². The fourth-order valence-electron chi connectivity index (χ4n) is 1.13. The summed E-state index contributed by atoms with van der Waals surface area (Å²) in [4.78, 5) is 0.